The van der Waals surface area contributed by atoms with Crippen LogP contribution in [0.5, 0.6) is 5.75 Å². The summed E-state index contributed by atoms with van der Waals surface area (Å²) in [4.78, 5) is 10.3. The Morgan fingerprint density at radius 2 is 1.55 bits per heavy atom. The van der Waals surface area contributed by atoms with Gasteiger partial charge >= 0.3 is 0 Å². The van der Waals surface area contributed by atoms with Gasteiger partial charge in [0.25, 0.3) is 0 Å². The number of nitrogens with one attached hydrogen (secondary N) is 1. The fraction of sp³-hybridized carbons (Fsp3) is 0.586. The van der Waals surface area contributed by atoms with Crippen LogP contribution in [0, 0.1) is 0 Å². The predicted octanol–water partition coefficient (Wildman–Crippen LogP) is 1.08. The molecule has 1 N–H and O–H groups in total. The largest absolute Gasteiger partial charge is 0.488 e. The van der Waals surface area contributed by atoms with Crippen LogP contribution in [-0.4, -0.2) is 111 Å². The second-order valence-electron chi connectivity index (χ2n) is 10.4. The first-order valence-electron chi connectivity index (χ1n) is 14.2. The van der Waals surface area contributed by atoms with Crippen LogP contribution >= 0.6 is 11.3 Å². The molecule has 1 unspecified atom stereocenters. The normalized spacial score (nSPS) is 25.7. The first kappa shape index (κ1) is 26.1. The van der Waals surface area contributed by atoms with E-state index in [0.29, 0.717) is 19.8 Å². The average molecular weight is 540 g/mol. The van der Waals surface area contributed by atoms with Crippen LogP contribution in [-0.2, 0) is 15.1 Å². The standard InChI is InChI=1S/C29H41N5O3S/c1-3-31-10-14-33(15-11-31)28-25-9-20-38-26(25)21-29(30-28,34-16-12-32(4-2)13-17-34)23-5-7-24(8-6-23)37-22-27-35-18-19-36-27/h5-9,20-21,27,30H,3-4,10-19,22H2,1-2H3. The van der Waals surface area contributed by atoms with E-state index in [-0.39, 0.29) is 6.29 Å². The monoisotopic (exact) mass is 539 g/mol. The number of likely N-dealkylation sites (N-methyl/N-ethyl adjacent to an activating group) is 2. The van der Waals surface area contributed by atoms with Crippen molar-refractivity contribution in [3.05, 3.63) is 51.0 Å². The topological polar surface area (TPSA) is 52.7 Å². The lowest BCUT2D eigenvalue weighted by atomic mass is 9.93. The summed E-state index contributed by atoms with van der Waals surface area (Å²) in [5.74, 6) is 2.11. The Bertz CT molecular complexity index is 1180. The van der Waals surface area contributed by atoms with E-state index in [1.807, 2.05) is 11.3 Å². The van der Waals surface area contributed by atoms with E-state index in [4.69, 9.17) is 14.2 Å². The highest BCUT2D eigenvalue weighted by Gasteiger charge is 2.41. The molecule has 2 aromatic rings. The molecule has 4 aliphatic heterocycles. The highest BCUT2D eigenvalue weighted by atomic mass is 32.1. The lowest BCUT2D eigenvalue weighted by Gasteiger charge is -2.50. The number of thiophene rings is 1. The molecule has 5 heterocycles. The third-order valence-electron chi connectivity index (χ3n) is 8.42. The maximum Gasteiger partial charge on any atom is 0.191 e. The van der Waals surface area contributed by atoms with Gasteiger partial charge in [0, 0.05) is 62.1 Å². The minimum atomic E-state index is -0.412. The zero-order valence-corrected chi connectivity index (χ0v) is 23.5. The minimum absolute atomic E-state index is 0.271. The average Bonchev–Trinajstić information content (AvgIpc) is 3.68. The van der Waals surface area contributed by atoms with Gasteiger partial charge in [-0.2, -0.15) is 0 Å². The van der Waals surface area contributed by atoms with Crippen LogP contribution in [0.15, 0.2) is 35.7 Å². The van der Waals surface area contributed by atoms with Gasteiger partial charge < -0.3 is 34.2 Å². The fourth-order valence-electron chi connectivity index (χ4n) is 6.04. The van der Waals surface area contributed by atoms with E-state index in [1.165, 1.54) is 21.1 Å². The molecule has 3 fully saturated rings. The summed E-state index contributed by atoms with van der Waals surface area (Å²) in [7, 11) is 0. The molecular weight excluding hydrogens is 498 g/mol. The van der Waals surface area contributed by atoms with Gasteiger partial charge in [-0.1, -0.05) is 26.0 Å². The Morgan fingerprint density at radius 1 is 0.895 bits per heavy atom. The van der Waals surface area contributed by atoms with E-state index < -0.39 is 5.66 Å². The fourth-order valence-corrected chi connectivity index (χ4v) is 6.92. The van der Waals surface area contributed by atoms with Crippen molar-refractivity contribution in [2.45, 2.75) is 25.8 Å². The zero-order chi connectivity index (χ0) is 26.0. The van der Waals surface area contributed by atoms with Crippen molar-refractivity contribution in [3.63, 3.8) is 0 Å². The van der Waals surface area contributed by atoms with Gasteiger partial charge in [0.15, 0.2) is 6.29 Å². The Kier molecular flexibility index (Phi) is 7.92. The predicted molar refractivity (Wildman–Crippen MR) is 151 cm³/mol. The first-order chi connectivity index (χ1) is 18.7. The summed E-state index contributed by atoms with van der Waals surface area (Å²) in [5, 5.41) is 7.70. The molecule has 1 atom stereocenters. The molecule has 0 radical (unpaired) electrons. The summed E-state index contributed by atoms with van der Waals surface area (Å²) in [6.45, 7) is 16.9. The number of benzene rings is 1. The highest BCUT2D eigenvalue weighted by Crippen LogP contribution is 2.33. The number of piperazine rings is 2. The molecule has 0 amide bonds. The Balaban J connectivity index is 1.32. The van der Waals surface area contributed by atoms with Gasteiger partial charge in [0.05, 0.1) is 13.2 Å². The van der Waals surface area contributed by atoms with E-state index in [0.717, 1.165) is 71.2 Å². The van der Waals surface area contributed by atoms with Gasteiger partial charge in [0.2, 0.25) is 0 Å². The quantitative estimate of drug-likeness (QED) is 0.535. The number of rotatable bonds is 8. The molecule has 0 aliphatic carbocycles. The lowest BCUT2D eigenvalue weighted by Crippen LogP contribution is -2.65. The summed E-state index contributed by atoms with van der Waals surface area (Å²) in [5.41, 5.74) is 0.831. The van der Waals surface area contributed by atoms with E-state index in [1.54, 1.807) is 0 Å². The van der Waals surface area contributed by atoms with Crippen LogP contribution in [0.3, 0.4) is 0 Å². The Labute approximate surface area is 230 Å². The van der Waals surface area contributed by atoms with Crippen molar-refractivity contribution in [1.29, 1.82) is 0 Å². The molecule has 3 saturated heterocycles. The minimum Gasteiger partial charge on any atom is -0.488 e. The molecule has 0 bridgehead atoms. The highest BCUT2D eigenvalue weighted by molar-refractivity contribution is 7.07. The zero-order valence-electron chi connectivity index (χ0n) is 22.7. The molecule has 8 nitrogen and oxygen atoms in total. The second-order valence-corrected chi connectivity index (χ2v) is 11.4. The number of hydrogen-bond donors (Lipinski definition) is 1. The molecule has 206 valence electrons. The molecular formula is C29H41N5O3S. The van der Waals surface area contributed by atoms with E-state index >= 15 is 0 Å². The molecule has 9 heteroatoms. The van der Waals surface area contributed by atoms with Gasteiger partial charge in [-0.25, -0.2) is 0 Å². The van der Waals surface area contributed by atoms with Crippen molar-refractivity contribution < 1.29 is 14.2 Å². The Morgan fingerprint density at radius 3 is 2.21 bits per heavy atom. The molecule has 0 spiro atoms. The third kappa shape index (κ3) is 5.20. The summed E-state index contributed by atoms with van der Waals surface area (Å²) in [6, 6.07) is 10.9. The van der Waals surface area contributed by atoms with Gasteiger partial charge in [-0.05, 0) is 48.3 Å². The SMILES string of the molecule is CCN1CCN(C2=c3ccsc3=CC(c3ccc(OCC4OCCO4)cc3)(N3CCN(CC)CC3)N2)CC1. The van der Waals surface area contributed by atoms with Crippen LogP contribution in [0.2, 0.25) is 0 Å². The summed E-state index contributed by atoms with van der Waals surface area (Å²) < 4.78 is 18.4. The molecule has 1 aromatic heterocycles. The van der Waals surface area contributed by atoms with E-state index in [2.05, 4.69) is 80.6 Å². The van der Waals surface area contributed by atoms with Gasteiger partial charge in [-0.3, -0.25) is 4.90 Å². The number of nitrogens with zero attached hydrogens (tertiary/aromatic N) is 4. The van der Waals surface area contributed by atoms with Crippen LogP contribution in [0.25, 0.3) is 11.9 Å². The molecule has 0 saturated carbocycles. The molecule has 1 aromatic carbocycles. The van der Waals surface area contributed by atoms with E-state index in [9.17, 15) is 0 Å². The van der Waals surface area contributed by atoms with Crippen molar-refractivity contribution in [2.24, 2.45) is 0 Å². The molecule has 4 aliphatic rings. The molecule has 6 rings (SSSR count). The number of ether oxygens (including phenoxy) is 3. The summed E-state index contributed by atoms with van der Waals surface area (Å²) >= 11 is 1.85. The number of fused-ring (bicyclic) bond motifs is 1. The molecule has 38 heavy (non-hydrogen) atoms. The smallest absolute Gasteiger partial charge is 0.191 e. The third-order valence-corrected chi connectivity index (χ3v) is 9.29. The van der Waals surface area contributed by atoms with Crippen molar-refractivity contribution in [3.8, 4) is 5.75 Å². The van der Waals surface area contributed by atoms with Crippen LogP contribution in [0.1, 0.15) is 19.4 Å². The lowest BCUT2D eigenvalue weighted by molar-refractivity contribution is -0.0684. The number of hydrogen-bond acceptors (Lipinski definition) is 9. The summed E-state index contributed by atoms with van der Waals surface area (Å²) in [6.07, 6.45) is 2.20. The van der Waals surface area contributed by atoms with Crippen molar-refractivity contribution >= 4 is 23.2 Å². The van der Waals surface area contributed by atoms with Crippen molar-refractivity contribution in [2.75, 3.05) is 85.3 Å². The van der Waals surface area contributed by atoms with Gasteiger partial charge in [0.1, 0.15) is 23.8 Å². The van der Waals surface area contributed by atoms with Crippen LogP contribution < -0.4 is 19.8 Å². The maximum atomic E-state index is 6.00. The van der Waals surface area contributed by atoms with Crippen molar-refractivity contribution in [1.82, 2.24) is 24.9 Å². The van der Waals surface area contributed by atoms with Gasteiger partial charge in [-0.15, -0.1) is 11.3 Å². The first-order valence-corrected chi connectivity index (χ1v) is 15.1. The second kappa shape index (κ2) is 11.5. The Hall–Kier alpha value is -2.14. The van der Waals surface area contributed by atoms with Crippen LogP contribution in [0.4, 0.5) is 0 Å². The maximum absolute atomic E-state index is 6.00.